The van der Waals surface area contributed by atoms with Crippen molar-refractivity contribution in [2.24, 2.45) is 0 Å². The van der Waals surface area contributed by atoms with Crippen molar-refractivity contribution in [1.82, 2.24) is 5.32 Å². The van der Waals surface area contributed by atoms with Gasteiger partial charge >= 0.3 is 5.97 Å². The van der Waals surface area contributed by atoms with Crippen LogP contribution in [-0.4, -0.2) is 31.8 Å². The number of methoxy groups -OCH3 is 1. The Balaban J connectivity index is 1.74. The van der Waals surface area contributed by atoms with Crippen LogP contribution in [0.2, 0.25) is 0 Å². The molecule has 0 fully saturated rings. The molecule has 1 amide bonds. The summed E-state index contributed by atoms with van der Waals surface area (Å²) < 4.78 is 15.3. The van der Waals surface area contributed by atoms with Crippen LogP contribution in [0.1, 0.15) is 15.9 Å². The van der Waals surface area contributed by atoms with Gasteiger partial charge in [-0.25, -0.2) is 4.79 Å². The molecule has 3 rings (SSSR count). The standard InChI is InChI=1S/C18H17NO5/c1-22-18(21)14(9-12-5-3-2-4-6-12)19-17(20)13-7-8-15-16(10-13)24-11-23-15/h2-8,10,14H,9,11H2,1H3,(H,19,20)/t14-/m0/s1. The maximum absolute atomic E-state index is 12.5. The molecule has 1 atom stereocenters. The van der Waals surface area contributed by atoms with Crippen molar-refractivity contribution < 1.29 is 23.8 Å². The number of amides is 1. The summed E-state index contributed by atoms with van der Waals surface area (Å²) in [6.07, 6.45) is 0.351. The van der Waals surface area contributed by atoms with Gasteiger partial charge in [0.15, 0.2) is 11.5 Å². The highest BCUT2D eigenvalue weighted by Gasteiger charge is 2.24. The van der Waals surface area contributed by atoms with E-state index < -0.39 is 12.0 Å². The molecule has 6 heteroatoms. The van der Waals surface area contributed by atoms with Gasteiger partial charge in [-0.05, 0) is 23.8 Å². The van der Waals surface area contributed by atoms with Gasteiger partial charge in [0.25, 0.3) is 5.91 Å². The van der Waals surface area contributed by atoms with Gasteiger partial charge in [0, 0.05) is 12.0 Å². The van der Waals surface area contributed by atoms with Crippen LogP contribution in [-0.2, 0) is 16.0 Å². The van der Waals surface area contributed by atoms with Crippen molar-refractivity contribution in [2.45, 2.75) is 12.5 Å². The van der Waals surface area contributed by atoms with Crippen LogP contribution in [0, 0.1) is 0 Å². The zero-order valence-corrected chi connectivity index (χ0v) is 13.2. The van der Waals surface area contributed by atoms with Gasteiger partial charge < -0.3 is 19.5 Å². The van der Waals surface area contributed by atoms with Crippen LogP contribution in [0.5, 0.6) is 11.5 Å². The Kier molecular flexibility index (Phi) is 4.65. The number of rotatable bonds is 5. The Bertz CT molecular complexity index is 744. The van der Waals surface area contributed by atoms with E-state index in [-0.39, 0.29) is 12.7 Å². The van der Waals surface area contributed by atoms with Gasteiger partial charge in [-0.1, -0.05) is 30.3 Å². The number of esters is 1. The molecule has 1 heterocycles. The van der Waals surface area contributed by atoms with Crippen molar-refractivity contribution in [2.75, 3.05) is 13.9 Å². The average Bonchev–Trinajstić information content (AvgIpc) is 3.09. The molecule has 2 aromatic carbocycles. The minimum Gasteiger partial charge on any atom is -0.467 e. The molecule has 1 aliphatic heterocycles. The molecule has 1 aliphatic rings. The molecule has 0 aliphatic carbocycles. The van der Waals surface area contributed by atoms with Crippen LogP contribution in [0.4, 0.5) is 0 Å². The summed E-state index contributed by atoms with van der Waals surface area (Å²) in [6.45, 7) is 0.138. The highest BCUT2D eigenvalue weighted by Crippen LogP contribution is 2.32. The van der Waals surface area contributed by atoms with Gasteiger partial charge in [0.1, 0.15) is 6.04 Å². The van der Waals surface area contributed by atoms with Crippen molar-refractivity contribution in [3.63, 3.8) is 0 Å². The van der Waals surface area contributed by atoms with Crippen molar-refractivity contribution in [3.05, 3.63) is 59.7 Å². The molecule has 0 bridgehead atoms. The van der Waals surface area contributed by atoms with Crippen LogP contribution in [0.25, 0.3) is 0 Å². The lowest BCUT2D eigenvalue weighted by molar-refractivity contribution is -0.142. The van der Waals surface area contributed by atoms with E-state index in [4.69, 9.17) is 14.2 Å². The van der Waals surface area contributed by atoms with E-state index in [9.17, 15) is 9.59 Å². The van der Waals surface area contributed by atoms with E-state index in [1.807, 2.05) is 30.3 Å². The first-order valence-electron chi connectivity index (χ1n) is 7.49. The van der Waals surface area contributed by atoms with Crippen molar-refractivity contribution in [1.29, 1.82) is 0 Å². The second-order valence-corrected chi connectivity index (χ2v) is 5.31. The highest BCUT2D eigenvalue weighted by molar-refractivity contribution is 5.97. The summed E-state index contributed by atoms with van der Waals surface area (Å²) in [7, 11) is 1.30. The Morgan fingerprint density at radius 2 is 1.88 bits per heavy atom. The van der Waals surface area contributed by atoms with Gasteiger partial charge in [-0.2, -0.15) is 0 Å². The third-order valence-electron chi connectivity index (χ3n) is 3.71. The topological polar surface area (TPSA) is 73.9 Å². The molecule has 0 saturated carbocycles. The van der Waals surface area contributed by atoms with Gasteiger partial charge in [0.2, 0.25) is 6.79 Å². The predicted molar refractivity (Wildman–Crippen MR) is 86.0 cm³/mol. The fourth-order valence-corrected chi connectivity index (χ4v) is 2.46. The van der Waals surface area contributed by atoms with Crippen molar-refractivity contribution in [3.8, 4) is 11.5 Å². The molecule has 0 spiro atoms. The fourth-order valence-electron chi connectivity index (χ4n) is 2.46. The van der Waals surface area contributed by atoms with Crippen LogP contribution in [0.3, 0.4) is 0 Å². The summed E-state index contributed by atoms with van der Waals surface area (Å²) >= 11 is 0. The van der Waals surface area contributed by atoms with E-state index >= 15 is 0 Å². The number of benzene rings is 2. The Morgan fingerprint density at radius 3 is 2.62 bits per heavy atom. The monoisotopic (exact) mass is 327 g/mol. The third kappa shape index (κ3) is 3.48. The predicted octanol–water partition coefficient (Wildman–Crippen LogP) is 1.93. The van der Waals surface area contributed by atoms with E-state index in [0.717, 1.165) is 5.56 Å². The SMILES string of the molecule is COC(=O)[C@H](Cc1ccccc1)NC(=O)c1ccc2c(c1)OCO2. The lowest BCUT2D eigenvalue weighted by Gasteiger charge is -2.16. The average molecular weight is 327 g/mol. The Labute approximate surface area is 139 Å². The normalized spacial score (nSPS) is 13.2. The Hall–Kier alpha value is -3.02. The van der Waals surface area contributed by atoms with Crippen molar-refractivity contribution >= 4 is 11.9 Å². The molecule has 0 saturated heterocycles. The molecule has 124 valence electrons. The largest absolute Gasteiger partial charge is 0.467 e. The molecule has 2 aromatic rings. The summed E-state index contributed by atoms with van der Waals surface area (Å²) in [5.41, 5.74) is 1.32. The Morgan fingerprint density at radius 1 is 1.12 bits per heavy atom. The molecule has 6 nitrogen and oxygen atoms in total. The molecule has 0 unspecified atom stereocenters. The number of nitrogens with one attached hydrogen (secondary N) is 1. The molecular weight excluding hydrogens is 310 g/mol. The lowest BCUT2D eigenvalue weighted by Crippen LogP contribution is -2.43. The molecule has 1 N–H and O–H groups in total. The number of ether oxygens (including phenoxy) is 3. The van der Waals surface area contributed by atoms with Gasteiger partial charge in [-0.15, -0.1) is 0 Å². The number of carbonyl (C=O) groups excluding carboxylic acids is 2. The minimum atomic E-state index is -0.768. The minimum absolute atomic E-state index is 0.138. The first-order valence-corrected chi connectivity index (χ1v) is 7.49. The fraction of sp³-hybridized carbons (Fsp3) is 0.222. The van der Waals surface area contributed by atoms with Gasteiger partial charge in [0.05, 0.1) is 7.11 Å². The number of fused-ring (bicyclic) bond motifs is 1. The summed E-state index contributed by atoms with van der Waals surface area (Å²) in [5.74, 6) is 0.244. The molecule has 24 heavy (non-hydrogen) atoms. The molecular formula is C18H17NO5. The summed E-state index contributed by atoms with van der Waals surface area (Å²) in [4.78, 5) is 24.4. The number of hydrogen-bond donors (Lipinski definition) is 1. The zero-order valence-electron chi connectivity index (χ0n) is 13.2. The van der Waals surface area contributed by atoms with E-state index in [1.54, 1.807) is 18.2 Å². The van der Waals surface area contributed by atoms with E-state index in [0.29, 0.717) is 23.5 Å². The highest BCUT2D eigenvalue weighted by atomic mass is 16.7. The van der Waals surface area contributed by atoms with E-state index in [1.165, 1.54) is 7.11 Å². The van der Waals surface area contributed by atoms with Gasteiger partial charge in [-0.3, -0.25) is 4.79 Å². The zero-order chi connectivity index (χ0) is 16.9. The molecule has 0 aromatic heterocycles. The second-order valence-electron chi connectivity index (χ2n) is 5.31. The van der Waals surface area contributed by atoms with E-state index in [2.05, 4.69) is 5.32 Å². The maximum atomic E-state index is 12.5. The third-order valence-corrected chi connectivity index (χ3v) is 3.71. The summed E-state index contributed by atoms with van der Waals surface area (Å²) in [6, 6.07) is 13.5. The first kappa shape index (κ1) is 15.9. The summed E-state index contributed by atoms with van der Waals surface area (Å²) in [5, 5.41) is 2.71. The lowest BCUT2D eigenvalue weighted by atomic mass is 10.1. The first-order chi connectivity index (χ1) is 11.7. The van der Waals surface area contributed by atoms with Crippen LogP contribution >= 0.6 is 0 Å². The van der Waals surface area contributed by atoms with Crippen LogP contribution < -0.4 is 14.8 Å². The molecule has 0 radical (unpaired) electrons. The number of carbonyl (C=O) groups is 2. The second kappa shape index (κ2) is 7.04. The quantitative estimate of drug-likeness (QED) is 0.850. The maximum Gasteiger partial charge on any atom is 0.328 e. The smallest absolute Gasteiger partial charge is 0.328 e. The van der Waals surface area contributed by atoms with Crippen LogP contribution in [0.15, 0.2) is 48.5 Å². The number of hydrogen-bond acceptors (Lipinski definition) is 5.